The standard InChI is InChI=1S/C17H27NO.C16H23NO2.C15H31NO/c1-14(15-10-7-6-8-11-15)19-18-16(2,3)12-9-13-17(18,4)5;1-15(2)11-8-12-16(3,4)17(15)19-14(18)13-9-6-5-7-10-13;1-6-7-8-9-13-17-16-14(2,3)11-10-12-15(16,4)5/h6-8,10-11,14H,9,12-13H2,1-5H3;5-7,9-10H,8,11-12H2,1-4H3;6-13H2,1-5H3. The molecule has 0 spiro atoms. The van der Waals surface area contributed by atoms with Crippen LogP contribution < -0.4 is 0 Å². The van der Waals surface area contributed by atoms with Gasteiger partial charge in [0.2, 0.25) is 0 Å². The van der Waals surface area contributed by atoms with Crippen LogP contribution in [0.1, 0.15) is 202 Å². The predicted octanol–water partition coefficient (Wildman–Crippen LogP) is 13.1. The van der Waals surface area contributed by atoms with E-state index in [1.54, 1.807) is 12.1 Å². The lowest BCUT2D eigenvalue weighted by Gasteiger charge is -2.52. The summed E-state index contributed by atoms with van der Waals surface area (Å²) >= 11 is 0. The fraction of sp³-hybridized carbons (Fsp3) is 0.729. The maximum absolute atomic E-state index is 12.2. The fourth-order valence-electron chi connectivity index (χ4n) is 9.15. The number of carbonyl (C=O) groups excluding carboxylic acids is 1. The van der Waals surface area contributed by atoms with Crippen molar-refractivity contribution in [3.8, 4) is 0 Å². The highest BCUT2D eigenvalue weighted by Crippen LogP contribution is 2.41. The first-order chi connectivity index (χ1) is 25.6. The fourth-order valence-corrected chi connectivity index (χ4v) is 9.15. The molecule has 1 atom stereocenters. The highest BCUT2D eigenvalue weighted by molar-refractivity contribution is 5.89. The summed E-state index contributed by atoms with van der Waals surface area (Å²) in [6.45, 7) is 32.1. The van der Waals surface area contributed by atoms with Crippen LogP contribution in [0.3, 0.4) is 0 Å². The second kappa shape index (κ2) is 19.9. The maximum Gasteiger partial charge on any atom is 0.357 e. The molecule has 2 aromatic rings. The first kappa shape index (κ1) is 47.1. The molecule has 0 aromatic heterocycles. The molecule has 0 saturated carbocycles. The number of nitrogens with zero attached hydrogens (tertiary/aromatic N) is 3. The number of hydrogen-bond donors (Lipinski definition) is 0. The minimum Gasteiger partial charge on any atom is -0.363 e. The molecule has 7 nitrogen and oxygen atoms in total. The van der Waals surface area contributed by atoms with E-state index >= 15 is 0 Å². The van der Waals surface area contributed by atoms with Gasteiger partial charge in [0.05, 0.1) is 23.2 Å². The lowest BCUT2D eigenvalue weighted by Crippen LogP contribution is -2.58. The van der Waals surface area contributed by atoms with Gasteiger partial charge in [0.25, 0.3) is 0 Å². The molecular weight excluding hydrogens is 683 g/mol. The van der Waals surface area contributed by atoms with Gasteiger partial charge in [0.15, 0.2) is 0 Å². The number of hydrogen-bond acceptors (Lipinski definition) is 7. The van der Waals surface area contributed by atoms with Crippen molar-refractivity contribution in [3.05, 3.63) is 71.8 Å². The third-order valence-corrected chi connectivity index (χ3v) is 12.0. The third kappa shape index (κ3) is 13.7. The summed E-state index contributed by atoms with van der Waals surface area (Å²) < 4.78 is 0. The van der Waals surface area contributed by atoms with Crippen LogP contribution in [0, 0.1) is 0 Å². The van der Waals surface area contributed by atoms with Gasteiger partial charge in [-0.25, -0.2) is 4.79 Å². The largest absolute Gasteiger partial charge is 0.363 e. The molecule has 3 heterocycles. The van der Waals surface area contributed by atoms with E-state index in [9.17, 15) is 4.79 Å². The number of hydroxylamine groups is 6. The molecule has 3 fully saturated rings. The van der Waals surface area contributed by atoms with E-state index in [1.807, 2.05) is 29.3 Å². The van der Waals surface area contributed by atoms with E-state index < -0.39 is 0 Å². The van der Waals surface area contributed by atoms with E-state index in [-0.39, 0.29) is 45.3 Å². The minimum absolute atomic E-state index is 0.0952. The van der Waals surface area contributed by atoms with Gasteiger partial charge in [-0.15, -0.1) is 5.06 Å². The molecule has 55 heavy (non-hydrogen) atoms. The Hall–Kier alpha value is -2.29. The Morgan fingerprint density at radius 1 is 0.564 bits per heavy atom. The zero-order valence-electron chi connectivity index (χ0n) is 37.7. The lowest BCUT2D eigenvalue weighted by atomic mass is 9.82. The number of rotatable bonds is 11. The van der Waals surface area contributed by atoms with Crippen LogP contribution in [0.2, 0.25) is 0 Å². The number of unbranched alkanes of at least 4 members (excludes halogenated alkanes) is 3. The van der Waals surface area contributed by atoms with Crippen molar-refractivity contribution in [3.63, 3.8) is 0 Å². The van der Waals surface area contributed by atoms with Crippen LogP contribution in [0.15, 0.2) is 60.7 Å². The third-order valence-electron chi connectivity index (χ3n) is 12.0. The van der Waals surface area contributed by atoms with Gasteiger partial charge in [0.1, 0.15) is 6.10 Å². The number of piperidine rings is 3. The second-order valence-corrected chi connectivity index (χ2v) is 20.1. The van der Waals surface area contributed by atoms with Crippen molar-refractivity contribution >= 4 is 5.97 Å². The molecule has 1 unspecified atom stereocenters. The van der Waals surface area contributed by atoms with Crippen LogP contribution in [-0.2, 0) is 14.5 Å². The molecule has 3 aliphatic heterocycles. The van der Waals surface area contributed by atoms with Crippen molar-refractivity contribution in [1.29, 1.82) is 0 Å². The maximum atomic E-state index is 12.2. The van der Waals surface area contributed by atoms with Crippen LogP contribution in [0.4, 0.5) is 0 Å². The van der Waals surface area contributed by atoms with Crippen molar-refractivity contribution in [2.24, 2.45) is 0 Å². The van der Waals surface area contributed by atoms with E-state index in [0.717, 1.165) is 19.4 Å². The van der Waals surface area contributed by atoms with Gasteiger partial charge < -0.3 is 4.84 Å². The van der Waals surface area contributed by atoms with Crippen molar-refractivity contribution in [2.45, 2.75) is 220 Å². The molecule has 0 N–H and O–H groups in total. The number of benzene rings is 2. The van der Waals surface area contributed by atoms with E-state index in [1.165, 1.54) is 76.2 Å². The Labute approximate surface area is 337 Å². The SMILES string of the molecule is CC(ON1C(C)(C)CCCC1(C)C)c1ccccc1.CC1(C)CCCC(C)(C)N1OC(=O)c1ccccc1.CCCCCCON1C(C)(C)CCCC1(C)C. The molecule has 0 aliphatic carbocycles. The summed E-state index contributed by atoms with van der Waals surface area (Å²) in [4.78, 5) is 30.4. The van der Waals surface area contributed by atoms with Gasteiger partial charge >= 0.3 is 5.97 Å². The van der Waals surface area contributed by atoms with Crippen molar-refractivity contribution in [1.82, 2.24) is 15.2 Å². The van der Waals surface area contributed by atoms with E-state index in [2.05, 4.69) is 131 Å². The average Bonchev–Trinajstić information content (AvgIpc) is 3.09. The zero-order chi connectivity index (χ0) is 41.1. The number of carbonyl (C=O) groups is 1. The summed E-state index contributed by atoms with van der Waals surface area (Å²) in [5.74, 6) is -0.274. The van der Waals surface area contributed by atoms with Crippen molar-refractivity contribution < 1.29 is 19.3 Å². The summed E-state index contributed by atoms with van der Waals surface area (Å²) in [5, 5.41) is 6.40. The molecule has 5 rings (SSSR count). The smallest absolute Gasteiger partial charge is 0.357 e. The Balaban J connectivity index is 0.000000222. The first-order valence-electron chi connectivity index (χ1n) is 21.6. The molecule has 2 aromatic carbocycles. The van der Waals surface area contributed by atoms with E-state index in [0.29, 0.717) is 5.56 Å². The van der Waals surface area contributed by atoms with Gasteiger partial charge in [-0.3, -0.25) is 9.68 Å². The van der Waals surface area contributed by atoms with Gasteiger partial charge in [-0.2, -0.15) is 10.1 Å². The Kier molecular flexibility index (Phi) is 17.1. The molecule has 312 valence electrons. The lowest BCUT2D eigenvalue weighted by molar-refractivity contribution is -0.304. The predicted molar refractivity (Wildman–Crippen MR) is 229 cm³/mol. The van der Waals surface area contributed by atoms with E-state index in [4.69, 9.17) is 14.5 Å². The molecule has 7 heteroatoms. The summed E-state index contributed by atoms with van der Waals surface area (Å²) in [7, 11) is 0. The van der Waals surface area contributed by atoms with Gasteiger partial charge in [-0.1, -0.05) is 74.7 Å². The summed E-state index contributed by atoms with van der Waals surface area (Å²) in [5.41, 5.74) is 2.17. The molecule has 0 radical (unpaired) electrons. The zero-order valence-corrected chi connectivity index (χ0v) is 37.7. The highest BCUT2D eigenvalue weighted by atomic mass is 16.7. The second-order valence-electron chi connectivity index (χ2n) is 20.1. The van der Waals surface area contributed by atoms with Gasteiger partial charge in [-0.05, 0) is 172 Å². The quantitative estimate of drug-likeness (QED) is 0.211. The van der Waals surface area contributed by atoms with Crippen LogP contribution in [0.25, 0.3) is 0 Å². The van der Waals surface area contributed by atoms with Crippen LogP contribution in [-0.4, -0.2) is 61.0 Å². The molecule has 0 bridgehead atoms. The topological polar surface area (TPSA) is 54.5 Å². The molecule has 0 amide bonds. The molecular formula is C48H81N3O4. The monoisotopic (exact) mass is 764 g/mol. The average molecular weight is 764 g/mol. The minimum atomic E-state index is -0.274. The molecule has 3 aliphatic rings. The summed E-state index contributed by atoms with van der Waals surface area (Å²) in [6, 6.07) is 19.6. The van der Waals surface area contributed by atoms with Crippen molar-refractivity contribution in [2.75, 3.05) is 6.61 Å². The normalized spacial score (nSPS) is 23.2. The summed E-state index contributed by atoms with van der Waals surface area (Å²) in [6.07, 6.45) is 15.9. The van der Waals surface area contributed by atoms with Crippen LogP contribution in [0.5, 0.6) is 0 Å². The Morgan fingerprint density at radius 3 is 1.40 bits per heavy atom. The van der Waals surface area contributed by atoms with Crippen LogP contribution >= 0.6 is 0 Å². The Bertz CT molecular complexity index is 1370. The highest BCUT2D eigenvalue weighted by Gasteiger charge is 2.45. The first-order valence-corrected chi connectivity index (χ1v) is 21.6. The Morgan fingerprint density at radius 2 is 0.964 bits per heavy atom. The molecule has 3 saturated heterocycles. The van der Waals surface area contributed by atoms with Gasteiger partial charge in [0, 0.05) is 22.2 Å².